The van der Waals surface area contributed by atoms with Gasteiger partial charge in [0.25, 0.3) is 5.91 Å². The van der Waals surface area contributed by atoms with Gasteiger partial charge in [0.2, 0.25) is 0 Å². The average molecular weight is 399 g/mol. The van der Waals surface area contributed by atoms with Crippen LogP contribution in [0.4, 0.5) is 17.1 Å². The van der Waals surface area contributed by atoms with Crippen LogP contribution in [0, 0.1) is 4.91 Å². The predicted molar refractivity (Wildman–Crippen MR) is 112 cm³/mol. The second-order valence-corrected chi connectivity index (χ2v) is 7.67. The summed E-state index contributed by atoms with van der Waals surface area (Å²) in [5.41, 5.74) is 6.12. The van der Waals surface area contributed by atoms with Crippen molar-refractivity contribution in [3.05, 3.63) is 52.4 Å². The van der Waals surface area contributed by atoms with Crippen LogP contribution in [0.1, 0.15) is 55.3 Å². The van der Waals surface area contributed by atoms with E-state index in [-0.39, 0.29) is 28.8 Å². The number of benzene rings is 2. The standard InChI is InChI=1S/C21H25N3O5/c1-12(2)28-18-16(22)11-10-15(17(18)24-27)19(25)23-14-8-6-13(7-9-14)20(26)29-21(3,4)5/h6-12H,22H2,1-5H3,(H,23,25). The van der Waals surface area contributed by atoms with Gasteiger partial charge in [-0.1, -0.05) is 0 Å². The lowest BCUT2D eigenvalue weighted by Gasteiger charge is -2.19. The molecular formula is C21H25N3O5. The van der Waals surface area contributed by atoms with E-state index in [9.17, 15) is 14.5 Å². The molecule has 8 nitrogen and oxygen atoms in total. The number of rotatable bonds is 6. The van der Waals surface area contributed by atoms with Crippen LogP contribution in [0.5, 0.6) is 5.75 Å². The summed E-state index contributed by atoms with van der Waals surface area (Å²) in [6.07, 6.45) is -0.253. The van der Waals surface area contributed by atoms with Crippen LogP contribution < -0.4 is 15.8 Å². The quantitative estimate of drug-likeness (QED) is 0.414. The minimum atomic E-state index is -0.604. The third-order valence-corrected chi connectivity index (χ3v) is 3.63. The van der Waals surface area contributed by atoms with Crippen LogP contribution >= 0.6 is 0 Å². The number of nitrogens with two attached hydrogens (primary N) is 1. The van der Waals surface area contributed by atoms with Crippen molar-refractivity contribution in [2.24, 2.45) is 5.18 Å². The van der Waals surface area contributed by atoms with E-state index in [2.05, 4.69) is 10.5 Å². The van der Waals surface area contributed by atoms with Gasteiger partial charge < -0.3 is 20.5 Å². The second-order valence-electron chi connectivity index (χ2n) is 7.67. The molecule has 0 bridgehead atoms. The first-order valence-electron chi connectivity index (χ1n) is 9.09. The number of anilines is 2. The van der Waals surface area contributed by atoms with Gasteiger partial charge in [0.15, 0.2) is 11.4 Å². The number of nitrogens with one attached hydrogen (secondary N) is 1. The Hall–Kier alpha value is -3.42. The highest BCUT2D eigenvalue weighted by Crippen LogP contribution is 2.38. The SMILES string of the molecule is CC(C)Oc1c(N)ccc(C(=O)Nc2ccc(C(=O)OC(C)(C)C)cc2)c1N=O. The Kier molecular flexibility index (Phi) is 6.58. The molecule has 2 aromatic rings. The third-order valence-electron chi connectivity index (χ3n) is 3.63. The van der Waals surface area contributed by atoms with E-state index in [1.54, 1.807) is 58.9 Å². The van der Waals surface area contributed by atoms with Gasteiger partial charge in [0, 0.05) is 5.69 Å². The molecule has 0 aromatic heterocycles. The maximum atomic E-state index is 12.7. The second kappa shape index (κ2) is 8.72. The molecule has 154 valence electrons. The van der Waals surface area contributed by atoms with Crippen molar-refractivity contribution in [2.75, 3.05) is 11.1 Å². The topological polar surface area (TPSA) is 120 Å². The average Bonchev–Trinajstić information content (AvgIpc) is 2.62. The van der Waals surface area contributed by atoms with Gasteiger partial charge in [0.05, 0.1) is 22.9 Å². The number of nitroso groups, excluding NO2 is 1. The minimum Gasteiger partial charge on any atom is -0.486 e. The monoisotopic (exact) mass is 399 g/mol. The molecule has 1 amide bonds. The number of ether oxygens (including phenoxy) is 2. The Morgan fingerprint density at radius 3 is 2.21 bits per heavy atom. The van der Waals surface area contributed by atoms with Crippen LogP contribution in [-0.4, -0.2) is 23.6 Å². The largest absolute Gasteiger partial charge is 0.486 e. The maximum Gasteiger partial charge on any atom is 0.338 e. The summed E-state index contributed by atoms with van der Waals surface area (Å²) in [7, 11) is 0. The lowest BCUT2D eigenvalue weighted by molar-refractivity contribution is 0.00695. The number of carbonyl (C=O) groups is 2. The molecule has 0 aliphatic rings. The first-order chi connectivity index (χ1) is 13.5. The van der Waals surface area contributed by atoms with E-state index in [1.807, 2.05) is 0 Å². The fourth-order valence-electron chi connectivity index (χ4n) is 2.45. The molecule has 0 atom stereocenters. The van der Waals surface area contributed by atoms with Gasteiger partial charge in [-0.3, -0.25) is 4.79 Å². The molecule has 0 radical (unpaired) electrons. The predicted octanol–water partition coefficient (Wildman–Crippen LogP) is 4.66. The van der Waals surface area contributed by atoms with Gasteiger partial charge in [-0.2, -0.15) is 0 Å². The highest BCUT2D eigenvalue weighted by Gasteiger charge is 2.21. The molecule has 2 rings (SSSR count). The Balaban J connectivity index is 2.22. The van der Waals surface area contributed by atoms with Crippen molar-refractivity contribution < 1.29 is 19.1 Å². The summed E-state index contributed by atoms with van der Waals surface area (Å²) in [6, 6.07) is 9.09. The molecule has 3 N–H and O–H groups in total. The summed E-state index contributed by atoms with van der Waals surface area (Å²) in [4.78, 5) is 36.1. The molecule has 2 aromatic carbocycles. The molecule has 0 aliphatic heterocycles. The van der Waals surface area contributed by atoms with E-state index >= 15 is 0 Å². The Morgan fingerprint density at radius 2 is 1.69 bits per heavy atom. The maximum absolute atomic E-state index is 12.7. The number of amides is 1. The van der Waals surface area contributed by atoms with E-state index < -0.39 is 17.5 Å². The molecule has 0 aliphatic carbocycles. The van der Waals surface area contributed by atoms with Gasteiger partial charge >= 0.3 is 5.97 Å². The van der Waals surface area contributed by atoms with Crippen LogP contribution in [0.3, 0.4) is 0 Å². The fraction of sp³-hybridized carbons (Fsp3) is 0.333. The molecule has 29 heavy (non-hydrogen) atoms. The highest BCUT2D eigenvalue weighted by atomic mass is 16.6. The zero-order chi connectivity index (χ0) is 21.8. The number of carbonyl (C=O) groups excluding carboxylic acids is 2. The third kappa shape index (κ3) is 5.78. The van der Waals surface area contributed by atoms with E-state index in [4.69, 9.17) is 15.2 Å². The van der Waals surface area contributed by atoms with Crippen LogP contribution in [0.25, 0.3) is 0 Å². The fourth-order valence-corrected chi connectivity index (χ4v) is 2.45. The van der Waals surface area contributed by atoms with Gasteiger partial charge in [-0.15, -0.1) is 4.91 Å². The van der Waals surface area contributed by atoms with Crippen molar-refractivity contribution in [1.29, 1.82) is 0 Å². The first-order valence-corrected chi connectivity index (χ1v) is 9.09. The molecule has 0 saturated heterocycles. The molecule has 8 heteroatoms. The summed E-state index contributed by atoms with van der Waals surface area (Å²) >= 11 is 0. The van der Waals surface area contributed by atoms with Crippen molar-refractivity contribution >= 4 is 28.9 Å². The Labute approximate surface area is 169 Å². The number of nitrogen functional groups attached to an aromatic ring is 1. The Morgan fingerprint density at radius 1 is 1.07 bits per heavy atom. The van der Waals surface area contributed by atoms with Gasteiger partial charge in [-0.25, -0.2) is 4.79 Å². The number of hydrogen-bond donors (Lipinski definition) is 2. The van der Waals surface area contributed by atoms with Gasteiger partial charge in [0.1, 0.15) is 5.60 Å². The molecular weight excluding hydrogens is 374 g/mol. The van der Waals surface area contributed by atoms with E-state index in [1.165, 1.54) is 12.1 Å². The summed E-state index contributed by atoms with van der Waals surface area (Å²) in [6.45, 7) is 8.88. The van der Waals surface area contributed by atoms with Crippen LogP contribution in [0.2, 0.25) is 0 Å². The molecule has 0 fully saturated rings. The minimum absolute atomic E-state index is 0.0288. The lowest BCUT2D eigenvalue weighted by atomic mass is 10.1. The smallest absolute Gasteiger partial charge is 0.338 e. The van der Waals surface area contributed by atoms with E-state index in [0.29, 0.717) is 11.3 Å². The highest BCUT2D eigenvalue weighted by molar-refractivity contribution is 6.09. The molecule has 0 saturated carbocycles. The van der Waals surface area contributed by atoms with Crippen LogP contribution in [-0.2, 0) is 4.74 Å². The number of hydrogen-bond acceptors (Lipinski definition) is 7. The first kappa shape index (κ1) is 21.9. The van der Waals surface area contributed by atoms with Gasteiger partial charge in [-0.05, 0) is 76.2 Å². The number of esters is 1. The van der Waals surface area contributed by atoms with Crippen molar-refractivity contribution in [2.45, 2.75) is 46.3 Å². The summed E-state index contributed by atoms with van der Waals surface area (Å²) < 4.78 is 10.8. The van der Waals surface area contributed by atoms with Crippen LogP contribution in [0.15, 0.2) is 41.6 Å². The summed E-state index contributed by atoms with van der Waals surface area (Å²) in [5, 5.41) is 5.60. The zero-order valence-electron chi connectivity index (χ0n) is 17.1. The van der Waals surface area contributed by atoms with Crippen molar-refractivity contribution in [1.82, 2.24) is 0 Å². The molecule has 0 unspecified atom stereocenters. The Bertz CT molecular complexity index is 915. The van der Waals surface area contributed by atoms with Crippen molar-refractivity contribution in [3.8, 4) is 5.75 Å². The molecule has 0 spiro atoms. The normalized spacial score (nSPS) is 11.1. The van der Waals surface area contributed by atoms with E-state index in [0.717, 1.165) is 0 Å². The lowest BCUT2D eigenvalue weighted by Crippen LogP contribution is -2.23. The zero-order valence-corrected chi connectivity index (χ0v) is 17.1. The summed E-state index contributed by atoms with van der Waals surface area (Å²) in [5.74, 6) is -0.946. The number of nitrogens with zero attached hydrogens (tertiary/aromatic N) is 1. The van der Waals surface area contributed by atoms with Crippen molar-refractivity contribution in [3.63, 3.8) is 0 Å². The molecule has 0 heterocycles.